The fraction of sp³-hybridized carbons (Fsp3) is 0.938. The van der Waals surface area contributed by atoms with Crippen LogP contribution in [0.3, 0.4) is 0 Å². The number of piperazine rings is 1. The molecule has 0 amide bonds. The minimum absolute atomic E-state index is 0.135. The first kappa shape index (κ1) is 16.7. The Hall–Kier alpha value is -0.650. The minimum Gasteiger partial charge on any atom is -0.469 e. The molecule has 0 aromatic rings. The molecule has 1 aliphatic heterocycles. The number of hydrogen-bond donors (Lipinski definition) is 1. The van der Waals surface area contributed by atoms with E-state index in [1.54, 1.807) is 0 Å². The van der Waals surface area contributed by atoms with E-state index in [1.807, 2.05) is 0 Å². The first-order valence-electron chi connectivity index (χ1n) is 8.37. The first-order chi connectivity index (χ1) is 10.2. The molecule has 1 saturated heterocycles. The lowest BCUT2D eigenvalue weighted by molar-refractivity contribution is -0.141. The third kappa shape index (κ3) is 5.93. The van der Waals surface area contributed by atoms with Crippen molar-refractivity contribution in [1.29, 1.82) is 0 Å². The highest BCUT2D eigenvalue weighted by atomic mass is 16.5. The van der Waals surface area contributed by atoms with Crippen LogP contribution in [0.2, 0.25) is 0 Å². The van der Waals surface area contributed by atoms with Crippen molar-refractivity contribution in [1.82, 2.24) is 9.80 Å². The topological polar surface area (TPSA) is 53.0 Å². The van der Waals surface area contributed by atoms with Gasteiger partial charge in [-0.3, -0.25) is 9.69 Å². The van der Waals surface area contributed by atoms with E-state index >= 15 is 0 Å². The van der Waals surface area contributed by atoms with E-state index in [-0.39, 0.29) is 12.1 Å². The van der Waals surface area contributed by atoms with Crippen LogP contribution in [0.5, 0.6) is 0 Å². The van der Waals surface area contributed by atoms with Gasteiger partial charge in [-0.2, -0.15) is 0 Å². The minimum atomic E-state index is -0.172. The van der Waals surface area contributed by atoms with Crippen molar-refractivity contribution in [3.63, 3.8) is 0 Å². The molecule has 1 atom stereocenters. The number of aliphatic hydroxyl groups excluding tert-OH is 1. The molecule has 0 aromatic heterocycles. The fourth-order valence-corrected chi connectivity index (χ4v) is 3.55. The number of aliphatic hydroxyl groups is 1. The van der Waals surface area contributed by atoms with Gasteiger partial charge in [0.1, 0.15) is 0 Å². The Labute approximate surface area is 128 Å². The summed E-state index contributed by atoms with van der Waals surface area (Å²) in [6, 6.07) is 0. The van der Waals surface area contributed by atoms with Gasteiger partial charge in [-0.25, -0.2) is 0 Å². The van der Waals surface area contributed by atoms with Crippen LogP contribution in [0, 0.1) is 5.92 Å². The molecule has 0 radical (unpaired) electrons. The van der Waals surface area contributed by atoms with E-state index in [0.29, 0.717) is 6.42 Å². The Kier molecular flexibility index (Phi) is 6.93. The molecule has 2 rings (SSSR count). The molecule has 5 nitrogen and oxygen atoms in total. The molecule has 0 bridgehead atoms. The van der Waals surface area contributed by atoms with E-state index in [1.165, 1.54) is 32.8 Å². The Bertz CT molecular complexity index is 311. The number of esters is 1. The number of rotatable bonds is 7. The summed E-state index contributed by atoms with van der Waals surface area (Å²) in [5.74, 6) is 0.616. The van der Waals surface area contributed by atoms with Gasteiger partial charge in [0.05, 0.1) is 19.6 Å². The molecule has 122 valence electrons. The lowest BCUT2D eigenvalue weighted by atomic mass is 10.00. The summed E-state index contributed by atoms with van der Waals surface area (Å²) in [4.78, 5) is 15.8. The summed E-state index contributed by atoms with van der Waals surface area (Å²) >= 11 is 0. The second kappa shape index (κ2) is 8.71. The first-order valence-corrected chi connectivity index (χ1v) is 8.37. The molecule has 1 heterocycles. The predicted molar refractivity (Wildman–Crippen MR) is 82.1 cm³/mol. The maximum Gasteiger partial charge on any atom is 0.306 e. The standard InChI is InChI=1S/C16H30N2O3/c1-21-16(20)6-7-17-8-10-18(11-9-17)13-15(19)12-14-4-2-3-5-14/h14-15,19H,2-13H2,1H3. The number of carbonyl (C=O) groups is 1. The van der Waals surface area contributed by atoms with Crippen LogP contribution in [0.1, 0.15) is 38.5 Å². The van der Waals surface area contributed by atoms with Gasteiger partial charge in [-0.1, -0.05) is 25.7 Å². The average Bonchev–Trinajstić information content (AvgIpc) is 2.99. The molecule has 2 fully saturated rings. The van der Waals surface area contributed by atoms with E-state index in [9.17, 15) is 9.90 Å². The van der Waals surface area contributed by atoms with Gasteiger partial charge in [-0.15, -0.1) is 0 Å². The van der Waals surface area contributed by atoms with Crippen LogP contribution in [-0.2, 0) is 9.53 Å². The van der Waals surface area contributed by atoms with Gasteiger partial charge >= 0.3 is 5.97 Å². The molecule has 5 heteroatoms. The molecule has 0 aromatic carbocycles. The van der Waals surface area contributed by atoms with E-state index in [4.69, 9.17) is 0 Å². The highest BCUT2D eigenvalue weighted by Crippen LogP contribution is 2.28. The summed E-state index contributed by atoms with van der Waals surface area (Å²) in [6.07, 6.45) is 6.57. The van der Waals surface area contributed by atoms with Crippen LogP contribution in [0.15, 0.2) is 0 Å². The van der Waals surface area contributed by atoms with Crippen LogP contribution in [-0.4, -0.2) is 73.4 Å². The number of hydrogen-bond acceptors (Lipinski definition) is 5. The molecule has 21 heavy (non-hydrogen) atoms. The second-order valence-electron chi connectivity index (χ2n) is 6.51. The van der Waals surface area contributed by atoms with Crippen molar-refractivity contribution in [2.75, 3.05) is 46.4 Å². The molecule has 1 aliphatic carbocycles. The van der Waals surface area contributed by atoms with Crippen molar-refractivity contribution >= 4 is 5.97 Å². The third-order valence-electron chi connectivity index (χ3n) is 4.87. The molecular weight excluding hydrogens is 268 g/mol. The van der Waals surface area contributed by atoms with Crippen molar-refractivity contribution in [3.05, 3.63) is 0 Å². The number of methoxy groups -OCH3 is 1. The Morgan fingerprint density at radius 2 is 1.81 bits per heavy atom. The fourth-order valence-electron chi connectivity index (χ4n) is 3.55. The van der Waals surface area contributed by atoms with Crippen molar-refractivity contribution < 1.29 is 14.6 Å². The molecule has 2 aliphatic rings. The van der Waals surface area contributed by atoms with E-state index in [0.717, 1.165) is 51.6 Å². The number of carbonyl (C=O) groups excluding carboxylic acids is 1. The summed E-state index contributed by atoms with van der Waals surface area (Å²) in [5.41, 5.74) is 0. The lowest BCUT2D eigenvalue weighted by Gasteiger charge is -2.35. The van der Waals surface area contributed by atoms with Gasteiger partial charge in [0, 0.05) is 39.3 Å². The zero-order chi connectivity index (χ0) is 15.1. The third-order valence-corrected chi connectivity index (χ3v) is 4.87. The zero-order valence-corrected chi connectivity index (χ0v) is 13.3. The quantitative estimate of drug-likeness (QED) is 0.714. The molecular formula is C16H30N2O3. The van der Waals surface area contributed by atoms with E-state index < -0.39 is 0 Å². The van der Waals surface area contributed by atoms with Crippen molar-refractivity contribution in [2.45, 2.75) is 44.6 Å². The summed E-state index contributed by atoms with van der Waals surface area (Å²) in [5, 5.41) is 10.2. The largest absolute Gasteiger partial charge is 0.469 e. The van der Waals surface area contributed by atoms with Gasteiger partial charge < -0.3 is 14.7 Å². The number of nitrogens with zero attached hydrogens (tertiary/aromatic N) is 2. The normalized spacial score (nSPS) is 23.3. The summed E-state index contributed by atoms with van der Waals surface area (Å²) in [6.45, 7) is 5.53. The van der Waals surface area contributed by atoms with Crippen LogP contribution >= 0.6 is 0 Å². The van der Waals surface area contributed by atoms with Gasteiger partial charge in [0.2, 0.25) is 0 Å². The van der Waals surface area contributed by atoms with Crippen LogP contribution < -0.4 is 0 Å². The summed E-state index contributed by atoms with van der Waals surface area (Å²) in [7, 11) is 1.44. The Balaban J connectivity index is 1.58. The monoisotopic (exact) mass is 298 g/mol. The number of β-amino-alcohol motifs (C(OH)–C–C–N with tert-alkyl or cyclic N) is 1. The molecule has 1 N–H and O–H groups in total. The Morgan fingerprint density at radius 1 is 1.19 bits per heavy atom. The van der Waals surface area contributed by atoms with Crippen LogP contribution in [0.25, 0.3) is 0 Å². The van der Waals surface area contributed by atoms with Gasteiger partial charge in [-0.05, 0) is 12.3 Å². The highest BCUT2D eigenvalue weighted by Gasteiger charge is 2.23. The van der Waals surface area contributed by atoms with Crippen molar-refractivity contribution in [3.8, 4) is 0 Å². The van der Waals surface area contributed by atoms with Crippen molar-refractivity contribution in [2.24, 2.45) is 5.92 Å². The maximum atomic E-state index is 11.1. The average molecular weight is 298 g/mol. The summed E-state index contributed by atoms with van der Waals surface area (Å²) < 4.78 is 4.67. The molecule has 1 unspecified atom stereocenters. The smallest absolute Gasteiger partial charge is 0.306 e. The molecule has 1 saturated carbocycles. The van der Waals surface area contributed by atoms with Gasteiger partial charge in [0.15, 0.2) is 0 Å². The van der Waals surface area contributed by atoms with E-state index in [2.05, 4.69) is 14.5 Å². The lowest BCUT2D eigenvalue weighted by Crippen LogP contribution is -2.49. The SMILES string of the molecule is COC(=O)CCN1CCN(CC(O)CC2CCCC2)CC1. The second-order valence-corrected chi connectivity index (χ2v) is 6.51. The number of ether oxygens (including phenoxy) is 1. The molecule has 0 spiro atoms. The highest BCUT2D eigenvalue weighted by molar-refractivity contribution is 5.69. The zero-order valence-electron chi connectivity index (χ0n) is 13.3. The maximum absolute atomic E-state index is 11.1. The van der Waals surface area contributed by atoms with Gasteiger partial charge in [0.25, 0.3) is 0 Å². The Morgan fingerprint density at radius 3 is 2.43 bits per heavy atom. The predicted octanol–water partition coefficient (Wildman–Crippen LogP) is 1.11. The van der Waals surface area contributed by atoms with Crippen LogP contribution in [0.4, 0.5) is 0 Å².